The van der Waals surface area contributed by atoms with E-state index in [2.05, 4.69) is 44.3 Å². The highest BCUT2D eigenvalue weighted by molar-refractivity contribution is 5.76. The Hall–Kier alpha value is -1.31. The van der Waals surface area contributed by atoms with E-state index in [0.717, 1.165) is 6.42 Å². The zero-order chi connectivity index (χ0) is 12.8. The monoisotopic (exact) mass is 233 g/mol. The predicted octanol–water partition coefficient (Wildman–Crippen LogP) is 3.26. The van der Waals surface area contributed by atoms with Gasteiger partial charge in [0.1, 0.15) is 0 Å². The van der Waals surface area contributed by atoms with Gasteiger partial charge in [0.15, 0.2) is 0 Å². The first-order chi connectivity index (χ1) is 8.04. The van der Waals surface area contributed by atoms with Crippen molar-refractivity contribution in [2.24, 2.45) is 5.92 Å². The Morgan fingerprint density at radius 2 is 1.94 bits per heavy atom. The summed E-state index contributed by atoms with van der Waals surface area (Å²) in [5, 5.41) is 2.72. The van der Waals surface area contributed by atoms with E-state index in [1.165, 1.54) is 11.1 Å². The molecule has 1 aromatic rings. The third kappa shape index (κ3) is 4.22. The molecule has 2 heteroatoms. The molecule has 1 aromatic carbocycles. The van der Waals surface area contributed by atoms with E-state index in [4.69, 9.17) is 0 Å². The lowest BCUT2D eigenvalue weighted by molar-refractivity contribution is -0.121. The molecule has 0 heterocycles. The molecule has 0 bridgehead atoms. The first kappa shape index (κ1) is 13.8. The van der Waals surface area contributed by atoms with E-state index in [0.29, 0.717) is 18.3 Å². The lowest BCUT2D eigenvalue weighted by Crippen LogP contribution is -2.21. The fraction of sp³-hybridized carbons (Fsp3) is 0.533. The lowest BCUT2D eigenvalue weighted by atomic mass is 9.85. The molecule has 1 N–H and O–H groups in total. The maximum absolute atomic E-state index is 11.6. The predicted molar refractivity (Wildman–Crippen MR) is 72.1 cm³/mol. The van der Waals surface area contributed by atoms with Gasteiger partial charge in [0.25, 0.3) is 0 Å². The summed E-state index contributed by atoms with van der Waals surface area (Å²) in [7, 11) is 1.70. The highest BCUT2D eigenvalue weighted by Crippen LogP contribution is 2.29. The van der Waals surface area contributed by atoms with E-state index in [1.54, 1.807) is 7.05 Å². The Labute approximate surface area is 104 Å². The number of nitrogens with one attached hydrogen (secondary N) is 1. The van der Waals surface area contributed by atoms with E-state index >= 15 is 0 Å². The topological polar surface area (TPSA) is 29.1 Å². The van der Waals surface area contributed by atoms with E-state index in [-0.39, 0.29) is 5.91 Å². The number of carbonyl (C=O) groups excluding carboxylic acids is 1. The number of hydrogen-bond acceptors (Lipinski definition) is 1. The maximum atomic E-state index is 11.6. The number of carbonyl (C=O) groups is 1. The van der Waals surface area contributed by atoms with Gasteiger partial charge in [-0.3, -0.25) is 4.79 Å². The number of amides is 1. The molecule has 17 heavy (non-hydrogen) atoms. The molecule has 0 aliphatic heterocycles. The van der Waals surface area contributed by atoms with Crippen LogP contribution in [-0.4, -0.2) is 13.0 Å². The molecular formula is C15H23NO. The molecule has 0 aromatic heterocycles. The van der Waals surface area contributed by atoms with Crippen LogP contribution in [0.15, 0.2) is 24.3 Å². The van der Waals surface area contributed by atoms with Crippen LogP contribution in [0, 0.1) is 12.8 Å². The summed E-state index contributed by atoms with van der Waals surface area (Å²) in [6.07, 6.45) is 1.64. The van der Waals surface area contributed by atoms with Crippen LogP contribution in [0.3, 0.4) is 0 Å². The molecule has 94 valence electrons. The van der Waals surface area contributed by atoms with Crippen molar-refractivity contribution in [1.29, 1.82) is 0 Å². The van der Waals surface area contributed by atoms with Crippen molar-refractivity contribution >= 4 is 5.91 Å². The smallest absolute Gasteiger partial charge is 0.220 e. The normalized spacial score (nSPS) is 12.5. The van der Waals surface area contributed by atoms with Gasteiger partial charge in [0, 0.05) is 13.5 Å². The Morgan fingerprint density at radius 3 is 2.47 bits per heavy atom. The summed E-state index contributed by atoms with van der Waals surface area (Å²) >= 11 is 0. The van der Waals surface area contributed by atoms with Crippen molar-refractivity contribution in [1.82, 2.24) is 5.32 Å². The summed E-state index contributed by atoms with van der Waals surface area (Å²) in [4.78, 5) is 11.6. The minimum atomic E-state index is 0.124. The third-order valence-electron chi connectivity index (χ3n) is 3.09. The summed E-state index contributed by atoms with van der Waals surface area (Å²) in [5.41, 5.74) is 2.59. The highest BCUT2D eigenvalue weighted by atomic mass is 16.1. The molecule has 0 aliphatic rings. The van der Waals surface area contributed by atoms with Crippen LogP contribution in [0.4, 0.5) is 0 Å². The third-order valence-corrected chi connectivity index (χ3v) is 3.09. The van der Waals surface area contributed by atoms with Crippen molar-refractivity contribution in [3.63, 3.8) is 0 Å². The van der Waals surface area contributed by atoms with E-state index in [9.17, 15) is 4.79 Å². The Bertz CT molecular complexity index is 371. The zero-order valence-corrected chi connectivity index (χ0v) is 11.3. The lowest BCUT2D eigenvalue weighted by Gasteiger charge is -2.20. The average Bonchev–Trinajstić information content (AvgIpc) is 2.28. The zero-order valence-electron chi connectivity index (χ0n) is 11.3. The van der Waals surface area contributed by atoms with Gasteiger partial charge in [0.2, 0.25) is 5.91 Å². The number of rotatable bonds is 5. The van der Waals surface area contributed by atoms with Crippen LogP contribution in [0.2, 0.25) is 0 Å². The molecule has 1 unspecified atom stereocenters. The number of hydrogen-bond donors (Lipinski definition) is 1. The van der Waals surface area contributed by atoms with Crippen molar-refractivity contribution in [3.8, 4) is 0 Å². The summed E-state index contributed by atoms with van der Waals surface area (Å²) in [6, 6.07) is 8.36. The summed E-state index contributed by atoms with van der Waals surface area (Å²) < 4.78 is 0. The van der Waals surface area contributed by atoms with Crippen LogP contribution in [0.5, 0.6) is 0 Å². The van der Waals surface area contributed by atoms with Gasteiger partial charge in [-0.1, -0.05) is 38.1 Å². The van der Waals surface area contributed by atoms with Crippen molar-refractivity contribution < 1.29 is 4.79 Å². The van der Waals surface area contributed by atoms with Gasteiger partial charge in [-0.25, -0.2) is 0 Å². The van der Waals surface area contributed by atoms with Gasteiger partial charge in [-0.05, 0) is 36.3 Å². The quantitative estimate of drug-likeness (QED) is 0.831. The molecular weight excluding hydrogens is 210 g/mol. The second-order valence-corrected chi connectivity index (χ2v) is 5.06. The molecule has 1 amide bonds. The molecule has 0 spiro atoms. The SMILES string of the molecule is CNC(=O)CC(CC(C)C)c1ccccc1C. The minimum absolute atomic E-state index is 0.124. The average molecular weight is 233 g/mol. The number of benzene rings is 1. The van der Waals surface area contributed by atoms with E-state index in [1.807, 2.05) is 6.07 Å². The van der Waals surface area contributed by atoms with Gasteiger partial charge in [-0.15, -0.1) is 0 Å². The molecule has 0 radical (unpaired) electrons. The summed E-state index contributed by atoms with van der Waals surface area (Å²) in [5.74, 6) is 1.05. The largest absolute Gasteiger partial charge is 0.359 e. The molecule has 0 fully saturated rings. The fourth-order valence-electron chi connectivity index (χ4n) is 2.26. The molecule has 0 aliphatic carbocycles. The van der Waals surface area contributed by atoms with Crippen molar-refractivity contribution in [3.05, 3.63) is 35.4 Å². The second kappa shape index (κ2) is 6.43. The second-order valence-electron chi connectivity index (χ2n) is 5.06. The molecule has 1 atom stereocenters. The van der Waals surface area contributed by atoms with Crippen molar-refractivity contribution in [2.45, 2.75) is 39.5 Å². The first-order valence-corrected chi connectivity index (χ1v) is 6.30. The Morgan fingerprint density at radius 1 is 1.29 bits per heavy atom. The van der Waals surface area contributed by atoms with Gasteiger partial charge < -0.3 is 5.32 Å². The molecule has 2 nitrogen and oxygen atoms in total. The fourth-order valence-corrected chi connectivity index (χ4v) is 2.26. The van der Waals surface area contributed by atoms with Crippen LogP contribution in [0.25, 0.3) is 0 Å². The minimum Gasteiger partial charge on any atom is -0.359 e. The Balaban J connectivity index is 2.89. The van der Waals surface area contributed by atoms with Gasteiger partial charge in [0.05, 0.1) is 0 Å². The maximum Gasteiger partial charge on any atom is 0.220 e. The standard InChI is InChI=1S/C15H23NO/c1-11(2)9-13(10-15(17)16-4)14-8-6-5-7-12(14)3/h5-8,11,13H,9-10H2,1-4H3,(H,16,17). The van der Waals surface area contributed by atoms with Gasteiger partial charge >= 0.3 is 0 Å². The molecule has 1 rings (SSSR count). The van der Waals surface area contributed by atoms with E-state index < -0.39 is 0 Å². The van der Waals surface area contributed by atoms with Crippen LogP contribution in [0.1, 0.15) is 43.7 Å². The highest BCUT2D eigenvalue weighted by Gasteiger charge is 2.18. The Kier molecular flexibility index (Phi) is 5.20. The molecule has 0 saturated heterocycles. The van der Waals surface area contributed by atoms with Crippen LogP contribution >= 0.6 is 0 Å². The van der Waals surface area contributed by atoms with Gasteiger partial charge in [-0.2, -0.15) is 0 Å². The first-order valence-electron chi connectivity index (χ1n) is 6.30. The van der Waals surface area contributed by atoms with Crippen LogP contribution in [-0.2, 0) is 4.79 Å². The summed E-state index contributed by atoms with van der Waals surface area (Å²) in [6.45, 7) is 6.52. The molecule has 0 saturated carbocycles. The van der Waals surface area contributed by atoms with Crippen LogP contribution < -0.4 is 5.32 Å². The number of aryl methyl sites for hydroxylation is 1. The van der Waals surface area contributed by atoms with Crippen molar-refractivity contribution in [2.75, 3.05) is 7.05 Å².